The molecule has 1 N–H and O–H groups in total. The van der Waals surface area contributed by atoms with Gasteiger partial charge in [-0.1, -0.05) is 0 Å². The average Bonchev–Trinajstić information content (AvgIpc) is 2.82. The van der Waals surface area contributed by atoms with Crippen molar-refractivity contribution in [2.45, 2.75) is 33.0 Å². The van der Waals surface area contributed by atoms with Gasteiger partial charge in [0.25, 0.3) is 0 Å². The van der Waals surface area contributed by atoms with Gasteiger partial charge >= 0.3 is 0 Å². The summed E-state index contributed by atoms with van der Waals surface area (Å²) < 4.78 is 28.3. The predicted molar refractivity (Wildman–Crippen MR) is 69.5 cm³/mol. The van der Waals surface area contributed by atoms with Gasteiger partial charge in [0, 0.05) is 30.9 Å². The Hall–Kier alpha value is -1.75. The van der Waals surface area contributed by atoms with Crippen molar-refractivity contribution in [3.63, 3.8) is 0 Å². The Kier molecular flexibility index (Phi) is 4.27. The van der Waals surface area contributed by atoms with Crippen molar-refractivity contribution < 1.29 is 8.78 Å². The molecule has 0 aliphatic carbocycles. The van der Waals surface area contributed by atoms with Crippen LogP contribution >= 0.6 is 0 Å². The molecule has 19 heavy (non-hydrogen) atoms. The van der Waals surface area contributed by atoms with Crippen LogP contribution in [0.2, 0.25) is 0 Å². The highest BCUT2D eigenvalue weighted by molar-refractivity contribution is 5.18. The summed E-state index contributed by atoms with van der Waals surface area (Å²) in [5.41, 5.74) is 1.35. The number of hydrogen-bond acceptors (Lipinski definition) is 2. The van der Waals surface area contributed by atoms with Crippen LogP contribution < -0.4 is 5.32 Å². The molecule has 0 saturated carbocycles. The van der Waals surface area contributed by atoms with E-state index in [2.05, 4.69) is 10.4 Å². The molecule has 0 atom stereocenters. The van der Waals surface area contributed by atoms with Crippen LogP contribution in [0.15, 0.2) is 30.5 Å². The second-order valence-electron chi connectivity index (χ2n) is 4.70. The number of benzene rings is 1. The Morgan fingerprint density at radius 3 is 2.74 bits per heavy atom. The summed E-state index contributed by atoms with van der Waals surface area (Å²) >= 11 is 0. The highest BCUT2D eigenvalue weighted by Crippen LogP contribution is 2.11. The first-order valence-corrected chi connectivity index (χ1v) is 6.25. The maximum atomic E-state index is 13.4. The monoisotopic (exact) mass is 265 g/mol. The number of nitrogens with zero attached hydrogens (tertiary/aromatic N) is 2. The molecule has 5 heteroatoms. The van der Waals surface area contributed by atoms with Gasteiger partial charge in [0.15, 0.2) is 0 Å². The van der Waals surface area contributed by atoms with Gasteiger partial charge in [0.05, 0.1) is 5.69 Å². The van der Waals surface area contributed by atoms with Crippen LogP contribution in [0.5, 0.6) is 0 Å². The summed E-state index contributed by atoms with van der Waals surface area (Å²) in [7, 11) is 0. The van der Waals surface area contributed by atoms with Crippen molar-refractivity contribution >= 4 is 0 Å². The molecule has 1 aromatic heterocycles. The van der Waals surface area contributed by atoms with Gasteiger partial charge in [-0.25, -0.2) is 8.78 Å². The van der Waals surface area contributed by atoms with Crippen molar-refractivity contribution in [3.8, 4) is 0 Å². The van der Waals surface area contributed by atoms with Gasteiger partial charge in [-0.2, -0.15) is 5.10 Å². The number of hydrogen-bond donors (Lipinski definition) is 1. The molecular weight excluding hydrogens is 248 g/mol. The first kappa shape index (κ1) is 13.7. The van der Waals surface area contributed by atoms with Crippen LogP contribution in [0.25, 0.3) is 0 Å². The smallest absolute Gasteiger partial charge is 0.127 e. The molecule has 2 aromatic rings. The first-order valence-electron chi connectivity index (χ1n) is 6.25. The van der Waals surface area contributed by atoms with Crippen LogP contribution in [0.3, 0.4) is 0 Å². The molecule has 0 saturated heterocycles. The molecule has 1 aromatic carbocycles. The molecule has 0 radical (unpaired) electrons. The Morgan fingerprint density at radius 2 is 2.00 bits per heavy atom. The summed E-state index contributed by atoms with van der Waals surface area (Å²) in [5.74, 6) is -0.823. The van der Waals surface area contributed by atoms with E-state index in [0.717, 1.165) is 17.8 Å². The molecule has 0 amide bonds. The maximum absolute atomic E-state index is 13.4. The Labute approximate surface area is 111 Å². The molecule has 0 aliphatic rings. The van der Waals surface area contributed by atoms with Gasteiger partial charge in [-0.05, 0) is 38.1 Å². The van der Waals surface area contributed by atoms with Gasteiger partial charge in [0.1, 0.15) is 11.6 Å². The van der Waals surface area contributed by atoms with Gasteiger partial charge in [-0.3, -0.25) is 4.68 Å². The van der Waals surface area contributed by atoms with Crippen LogP contribution in [0, 0.1) is 11.6 Å². The lowest BCUT2D eigenvalue weighted by Gasteiger charge is -2.12. The van der Waals surface area contributed by atoms with Crippen molar-refractivity contribution in [3.05, 3.63) is 53.4 Å². The molecule has 0 fully saturated rings. The number of halogens is 2. The zero-order valence-electron chi connectivity index (χ0n) is 11.0. The molecule has 0 aliphatic heterocycles. The summed E-state index contributed by atoms with van der Waals surface area (Å²) in [6.45, 7) is 4.94. The van der Waals surface area contributed by atoms with Crippen LogP contribution in [-0.4, -0.2) is 9.78 Å². The SMILES string of the molecule is CC(C)n1nccc1CNCc1cc(F)ccc1F. The third-order valence-electron chi connectivity index (χ3n) is 2.87. The molecule has 2 rings (SSSR count). The van der Waals surface area contributed by atoms with E-state index < -0.39 is 11.6 Å². The summed E-state index contributed by atoms with van der Waals surface area (Å²) in [4.78, 5) is 0. The summed E-state index contributed by atoms with van der Waals surface area (Å²) in [6, 6.07) is 5.66. The molecule has 3 nitrogen and oxygen atoms in total. The zero-order valence-corrected chi connectivity index (χ0v) is 11.0. The fourth-order valence-corrected chi connectivity index (χ4v) is 1.95. The largest absolute Gasteiger partial charge is 0.307 e. The van der Waals surface area contributed by atoms with E-state index in [0.29, 0.717) is 12.1 Å². The lowest BCUT2D eigenvalue weighted by molar-refractivity contribution is 0.492. The van der Waals surface area contributed by atoms with Crippen LogP contribution in [0.4, 0.5) is 8.78 Å². The van der Waals surface area contributed by atoms with Crippen LogP contribution in [-0.2, 0) is 13.1 Å². The number of aromatic nitrogens is 2. The topological polar surface area (TPSA) is 29.9 Å². The van der Waals surface area contributed by atoms with E-state index in [1.54, 1.807) is 6.20 Å². The quantitative estimate of drug-likeness (QED) is 0.900. The maximum Gasteiger partial charge on any atom is 0.127 e. The van der Waals surface area contributed by atoms with Gasteiger partial charge in [-0.15, -0.1) is 0 Å². The standard InChI is InChI=1S/C14H17F2N3/c1-10(2)19-13(5-6-18-19)9-17-8-11-7-12(15)3-4-14(11)16/h3-7,10,17H,8-9H2,1-2H3. The summed E-state index contributed by atoms with van der Waals surface area (Å²) in [5, 5.41) is 7.32. The Bertz CT molecular complexity index is 549. The van der Waals surface area contributed by atoms with Crippen LogP contribution in [0.1, 0.15) is 31.1 Å². The predicted octanol–water partition coefficient (Wildman–Crippen LogP) is 3.03. The molecule has 0 bridgehead atoms. The second-order valence-corrected chi connectivity index (χ2v) is 4.70. The van der Waals surface area contributed by atoms with Crippen molar-refractivity contribution in [2.24, 2.45) is 0 Å². The first-order chi connectivity index (χ1) is 9.08. The number of nitrogens with one attached hydrogen (secondary N) is 1. The fraction of sp³-hybridized carbons (Fsp3) is 0.357. The minimum absolute atomic E-state index is 0.276. The highest BCUT2D eigenvalue weighted by atomic mass is 19.1. The molecule has 0 unspecified atom stereocenters. The zero-order chi connectivity index (χ0) is 13.8. The Morgan fingerprint density at radius 1 is 1.21 bits per heavy atom. The minimum atomic E-state index is -0.426. The van der Waals surface area contributed by atoms with Crippen molar-refractivity contribution in [1.82, 2.24) is 15.1 Å². The normalized spacial score (nSPS) is 11.2. The van der Waals surface area contributed by atoms with E-state index in [9.17, 15) is 8.78 Å². The average molecular weight is 265 g/mol. The van der Waals surface area contributed by atoms with E-state index in [4.69, 9.17) is 0 Å². The third-order valence-corrected chi connectivity index (χ3v) is 2.87. The molecular formula is C14H17F2N3. The van der Waals surface area contributed by atoms with E-state index in [1.165, 1.54) is 6.07 Å². The molecule has 0 spiro atoms. The lowest BCUT2D eigenvalue weighted by atomic mass is 10.2. The minimum Gasteiger partial charge on any atom is -0.307 e. The van der Waals surface area contributed by atoms with Crippen molar-refractivity contribution in [1.29, 1.82) is 0 Å². The summed E-state index contributed by atoms with van der Waals surface area (Å²) in [6.07, 6.45) is 1.74. The fourth-order valence-electron chi connectivity index (χ4n) is 1.95. The van der Waals surface area contributed by atoms with E-state index >= 15 is 0 Å². The molecule has 102 valence electrons. The second kappa shape index (κ2) is 5.93. The molecule has 1 heterocycles. The van der Waals surface area contributed by atoms with Gasteiger partial charge in [0.2, 0.25) is 0 Å². The van der Waals surface area contributed by atoms with E-state index in [1.807, 2.05) is 24.6 Å². The van der Waals surface area contributed by atoms with E-state index in [-0.39, 0.29) is 12.6 Å². The highest BCUT2D eigenvalue weighted by Gasteiger charge is 2.07. The van der Waals surface area contributed by atoms with Gasteiger partial charge < -0.3 is 5.32 Å². The lowest BCUT2D eigenvalue weighted by Crippen LogP contribution is -2.18. The van der Waals surface area contributed by atoms with Crippen molar-refractivity contribution in [2.75, 3.05) is 0 Å². The number of rotatable bonds is 5. The third kappa shape index (κ3) is 3.38. The Balaban J connectivity index is 1.96.